The molecule has 2 aliphatic rings. The molecule has 0 radical (unpaired) electrons. The van der Waals surface area contributed by atoms with Gasteiger partial charge in [0, 0.05) is 55.2 Å². The van der Waals surface area contributed by atoms with Gasteiger partial charge in [0.15, 0.2) is 0 Å². The van der Waals surface area contributed by atoms with Gasteiger partial charge < -0.3 is 9.80 Å². The fourth-order valence-electron chi connectivity index (χ4n) is 4.77. The van der Waals surface area contributed by atoms with Gasteiger partial charge in [-0.05, 0) is 65.9 Å². The summed E-state index contributed by atoms with van der Waals surface area (Å²) >= 11 is 0. The summed E-state index contributed by atoms with van der Waals surface area (Å²) in [6, 6.07) is 4.63. The minimum absolute atomic E-state index is 0.240. The number of aryl methyl sites for hydroxylation is 1. The van der Waals surface area contributed by atoms with Crippen molar-refractivity contribution in [3.05, 3.63) is 41.5 Å². The molecule has 7 heteroatoms. The average Bonchev–Trinajstić information content (AvgIpc) is 3.13. The van der Waals surface area contributed by atoms with Crippen molar-refractivity contribution < 1.29 is 4.79 Å². The molecule has 1 saturated heterocycles. The molecule has 0 atom stereocenters. The highest BCUT2D eigenvalue weighted by atomic mass is 16.2. The normalized spacial score (nSPS) is 18.6. The number of carbonyl (C=O) groups excluding carboxylic acids is 1. The monoisotopic (exact) mass is 410 g/mol. The number of likely N-dealkylation sites (tertiary alicyclic amines) is 1. The second kappa shape index (κ2) is 8.86. The summed E-state index contributed by atoms with van der Waals surface area (Å²) in [4.78, 5) is 24.3. The third kappa shape index (κ3) is 4.57. The van der Waals surface area contributed by atoms with Crippen molar-refractivity contribution in [1.29, 1.82) is 0 Å². The quantitative estimate of drug-likeness (QED) is 0.757. The second-order valence-electron chi connectivity index (χ2n) is 9.09. The number of amides is 1. The van der Waals surface area contributed by atoms with E-state index in [0.717, 1.165) is 62.5 Å². The van der Waals surface area contributed by atoms with Crippen molar-refractivity contribution in [2.45, 2.75) is 58.7 Å². The van der Waals surface area contributed by atoms with Crippen LogP contribution < -0.4 is 0 Å². The van der Waals surface area contributed by atoms with E-state index in [9.17, 15) is 4.79 Å². The van der Waals surface area contributed by atoms with E-state index in [1.54, 1.807) is 0 Å². The molecular formula is C23H34N6O. The maximum Gasteiger partial charge on any atom is 0.237 e. The molecule has 0 spiro atoms. The van der Waals surface area contributed by atoms with Crippen molar-refractivity contribution >= 4 is 5.91 Å². The van der Waals surface area contributed by atoms with Crippen LogP contribution in [0.3, 0.4) is 0 Å². The molecule has 0 saturated carbocycles. The first-order valence-electron chi connectivity index (χ1n) is 11.1. The molecule has 30 heavy (non-hydrogen) atoms. The molecule has 0 N–H and O–H groups in total. The van der Waals surface area contributed by atoms with Crippen LogP contribution in [0.25, 0.3) is 5.69 Å². The number of rotatable bonds is 5. The standard InChI is InChI=1S/C23H34N6O/c1-17(2)29(20-6-10-26(4)11-7-20)23(30)16-27-12-8-22-19(14-27)15-28(25-22)21-5-9-24-18(3)13-21/h5,9,13,15,17,20H,6-8,10-12,14,16H2,1-4H3. The third-order valence-electron chi connectivity index (χ3n) is 6.37. The molecule has 2 aromatic rings. The van der Waals surface area contributed by atoms with E-state index in [0.29, 0.717) is 12.6 Å². The van der Waals surface area contributed by atoms with Crippen LogP contribution in [0.4, 0.5) is 0 Å². The Morgan fingerprint density at radius 3 is 2.73 bits per heavy atom. The van der Waals surface area contributed by atoms with Gasteiger partial charge in [0.1, 0.15) is 0 Å². The average molecular weight is 411 g/mol. The van der Waals surface area contributed by atoms with Crippen molar-refractivity contribution in [2.24, 2.45) is 0 Å². The zero-order valence-corrected chi connectivity index (χ0v) is 18.7. The highest BCUT2D eigenvalue weighted by Crippen LogP contribution is 2.22. The number of nitrogens with zero attached hydrogens (tertiary/aromatic N) is 6. The Labute approximate surface area is 179 Å². The van der Waals surface area contributed by atoms with Crippen LogP contribution in [-0.4, -0.2) is 80.7 Å². The van der Waals surface area contributed by atoms with Crippen molar-refractivity contribution in [2.75, 3.05) is 33.2 Å². The predicted octanol–water partition coefficient (Wildman–Crippen LogP) is 2.27. The van der Waals surface area contributed by atoms with Crippen LogP contribution in [0.5, 0.6) is 0 Å². The molecule has 162 valence electrons. The van der Waals surface area contributed by atoms with Crippen LogP contribution in [0.2, 0.25) is 0 Å². The van der Waals surface area contributed by atoms with E-state index in [4.69, 9.17) is 5.10 Å². The lowest BCUT2D eigenvalue weighted by atomic mass is 10.0. The van der Waals surface area contributed by atoms with Crippen LogP contribution >= 0.6 is 0 Å². The van der Waals surface area contributed by atoms with Gasteiger partial charge in [-0.3, -0.25) is 14.7 Å². The van der Waals surface area contributed by atoms with Gasteiger partial charge in [0.25, 0.3) is 0 Å². The molecule has 4 heterocycles. The van der Waals surface area contributed by atoms with Crippen molar-refractivity contribution in [3.8, 4) is 5.69 Å². The second-order valence-corrected chi connectivity index (χ2v) is 9.09. The number of hydrogen-bond donors (Lipinski definition) is 0. The third-order valence-corrected chi connectivity index (χ3v) is 6.37. The zero-order valence-electron chi connectivity index (χ0n) is 18.7. The fourth-order valence-corrected chi connectivity index (χ4v) is 4.77. The number of carbonyl (C=O) groups is 1. The number of pyridine rings is 1. The Morgan fingerprint density at radius 1 is 1.27 bits per heavy atom. The van der Waals surface area contributed by atoms with Crippen LogP contribution in [0.1, 0.15) is 43.6 Å². The zero-order chi connectivity index (χ0) is 21.3. The molecule has 0 aliphatic carbocycles. The molecule has 0 bridgehead atoms. The largest absolute Gasteiger partial charge is 0.336 e. The summed E-state index contributed by atoms with van der Waals surface area (Å²) in [5, 5.41) is 4.78. The van der Waals surface area contributed by atoms with Gasteiger partial charge in [0.2, 0.25) is 5.91 Å². The number of aromatic nitrogens is 3. The Kier molecular flexibility index (Phi) is 6.20. The lowest BCUT2D eigenvalue weighted by Gasteiger charge is -2.40. The number of piperidine rings is 1. The van der Waals surface area contributed by atoms with E-state index in [1.807, 2.05) is 29.9 Å². The highest BCUT2D eigenvalue weighted by molar-refractivity contribution is 5.79. The Balaban J connectivity index is 1.42. The predicted molar refractivity (Wildman–Crippen MR) is 118 cm³/mol. The summed E-state index contributed by atoms with van der Waals surface area (Å²) in [7, 11) is 2.16. The first-order chi connectivity index (χ1) is 14.4. The van der Waals surface area contributed by atoms with Crippen LogP contribution in [-0.2, 0) is 17.8 Å². The summed E-state index contributed by atoms with van der Waals surface area (Å²) < 4.78 is 1.95. The molecule has 1 amide bonds. The maximum atomic E-state index is 13.3. The summed E-state index contributed by atoms with van der Waals surface area (Å²) in [6.45, 7) is 10.6. The Morgan fingerprint density at radius 2 is 2.03 bits per heavy atom. The topological polar surface area (TPSA) is 57.5 Å². The van der Waals surface area contributed by atoms with E-state index < -0.39 is 0 Å². The summed E-state index contributed by atoms with van der Waals surface area (Å²) in [5.41, 5.74) is 4.38. The first kappa shape index (κ1) is 21.0. The Hall–Kier alpha value is -2.25. The van der Waals surface area contributed by atoms with E-state index in [1.165, 1.54) is 5.56 Å². The molecule has 4 rings (SSSR count). The molecular weight excluding hydrogens is 376 g/mol. The SMILES string of the molecule is Cc1cc(-n2cc3c(n2)CCN(CC(=O)N(C(C)C)C2CCN(C)CC2)C3)ccn1. The highest BCUT2D eigenvalue weighted by Gasteiger charge is 2.30. The van der Waals surface area contributed by atoms with Crippen molar-refractivity contribution in [1.82, 2.24) is 29.5 Å². The molecule has 0 unspecified atom stereocenters. The van der Waals surface area contributed by atoms with Crippen molar-refractivity contribution in [3.63, 3.8) is 0 Å². The smallest absolute Gasteiger partial charge is 0.237 e. The molecule has 1 fully saturated rings. The summed E-state index contributed by atoms with van der Waals surface area (Å²) in [5.74, 6) is 0.264. The van der Waals surface area contributed by atoms with Gasteiger partial charge in [-0.2, -0.15) is 5.10 Å². The fraction of sp³-hybridized carbons (Fsp3) is 0.609. The minimum Gasteiger partial charge on any atom is -0.336 e. The Bertz CT molecular complexity index is 884. The van der Waals surface area contributed by atoms with Gasteiger partial charge >= 0.3 is 0 Å². The minimum atomic E-state index is 0.240. The van der Waals surface area contributed by atoms with Gasteiger partial charge in [-0.1, -0.05) is 0 Å². The molecule has 0 aromatic carbocycles. The lowest BCUT2D eigenvalue weighted by molar-refractivity contribution is -0.138. The maximum absolute atomic E-state index is 13.3. The van der Waals surface area contributed by atoms with E-state index >= 15 is 0 Å². The van der Waals surface area contributed by atoms with Crippen LogP contribution in [0.15, 0.2) is 24.5 Å². The molecule has 7 nitrogen and oxygen atoms in total. The van der Waals surface area contributed by atoms with Crippen LogP contribution in [0, 0.1) is 6.92 Å². The van der Waals surface area contributed by atoms with E-state index in [-0.39, 0.29) is 11.9 Å². The summed E-state index contributed by atoms with van der Waals surface area (Å²) in [6.07, 6.45) is 6.96. The number of hydrogen-bond acceptors (Lipinski definition) is 5. The van der Waals surface area contributed by atoms with Gasteiger partial charge in [-0.25, -0.2) is 4.68 Å². The van der Waals surface area contributed by atoms with Gasteiger partial charge in [0.05, 0.1) is 17.9 Å². The first-order valence-corrected chi connectivity index (χ1v) is 11.1. The lowest BCUT2D eigenvalue weighted by Crippen LogP contribution is -2.52. The molecule has 2 aromatic heterocycles. The molecule has 2 aliphatic heterocycles. The van der Waals surface area contributed by atoms with E-state index in [2.05, 4.69) is 46.8 Å². The van der Waals surface area contributed by atoms with Gasteiger partial charge in [-0.15, -0.1) is 0 Å². The number of fused-ring (bicyclic) bond motifs is 1.